The van der Waals surface area contributed by atoms with Gasteiger partial charge in [0.15, 0.2) is 0 Å². The van der Waals surface area contributed by atoms with Crippen molar-refractivity contribution in [1.82, 2.24) is 20.1 Å². The summed E-state index contributed by atoms with van der Waals surface area (Å²) in [6.45, 7) is 5.36. The van der Waals surface area contributed by atoms with Gasteiger partial charge in [-0.2, -0.15) is 0 Å². The summed E-state index contributed by atoms with van der Waals surface area (Å²) < 4.78 is 0. The number of nitrogens with one attached hydrogen (secondary N) is 1. The zero-order valence-electron chi connectivity index (χ0n) is 13.5. The van der Waals surface area contributed by atoms with Gasteiger partial charge < -0.3 is 15.1 Å². The average Bonchev–Trinajstić information content (AvgIpc) is 3.25. The van der Waals surface area contributed by atoms with Crippen molar-refractivity contribution in [1.29, 1.82) is 0 Å². The highest BCUT2D eigenvalue weighted by molar-refractivity contribution is 5.74. The second kappa shape index (κ2) is 6.65. The Labute approximate surface area is 132 Å². The van der Waals surface area contributed by atoms with Gasteiger partial charge in [0, 0.05) is 45.1 Å². The lowest BCUT2D eigenvalue weighted by Crippen LogP contribution is -2.45. The quantitative estimate of drug-likeness (QED) is 0.907. The lowest BCUT2D eigenvalue weighted by atomic mass is 10.1. The van der Waals surface area contributed by atoms with Crippen LogP contribution in [0.3, 0.4) is 0 Å². The summed E-state index contributed by atoms with van der Waals surface area (Å²) >= 11 is 0. The van der Waals surface area contributed by atoms with E-state index in [2.05, 4.69) is 15.2 Å². The van der Waals surface area contributed by atoms with Crippen molar-refractivity contribution in [3.05, 3.63) is 30.1 Å². The molecule has 2 aliphatic rings. The summed E-state index contributed by atoms with van der Waals surface area (Å²) in [7, 11) is 1.85. The Kier molecular flexibility index (Phi) is 4.62. The van der Waals surface area contributed by atoms with Crippen molar-refractivity contribution in [3.63, 3.8) is 0 Å². The second-order valence-corrected chi connectivity index (χ2v) is 6.71. The largest absolute Gasteiger partial charge is 0.334 e. The maximum atomic E-state index is 12.4. The van der Waals surface area contributed by atoms with E-state index in [0.717, 1.165) is 31.0 Å². The first-order valence-electron chi connectivity index (χ1n) is 8.29. The lowest BCUT2D eigenvalue weighted by molar-refractivity contribution is 0.190. The minimum atomic E-state index is 0.00891. The van der Waals surface area contributed by atoms with E-state index in [1.54, 1.807) is 11.1 Å². The third kappa shape index (κ3) is 3.77. The van der Waals surface area contributed by atoms with Crippen LogP contribution in [0.5, 0.6) is 0 Å². The molecule has 2 fully saturated rings. The maximum absolute atomic E-state index is 12.4. The fourth-order valence-corrected chi connectivity index (χ4v) is 3.08. The zero-order chi connectivity index (χ0) is 15.5. The predicted molar refractivity (Wildman–Crippen MR) is 86.5 cm³/mol. The highest BCUT2D eigenvalue weighted by Gasteiger charge is 2.30. The van der Waals surface area contributed by atoms with Crippen molar-refractivity contribution in [2.45, 2.75) is 38.3 Å². The third-order valence-corrected chi connectivity index (χ3v) is 4.88. The number of hydrogen-bond donors (Lipinski definition) is 1. The molecule has 1 saturated heterocycles. The fraction of sp³-hybridized carbons (Fsp3) is 0.647. The standard InChI is InChI=1S/C17H26N4O/c1-13(15-4-3-8-18-10-15)20(2)17(22)19-16-7-9-21(12-16)11-14-5-6-14/h3-4,8,10,13-14,16H,5-7,9,11-12H2,1-2H3,(H,19,22). The van der Waals surface area contributed by atoms with Gasteiger partial charge in [0.2, 0.25) is 0 Å². The Morgan fingerprint density at radius 3 is 3.00 bits per heavy atom. The topological polar surface area (TPSA) is 48.5 Å². The number of pyridine rings is 1. The second-order valence-electron chi connectivity index (χ2n) is 6.71. The van der Waals surface area contributed by atoms with Gasteiger partial charge in [0.05, 0.1) is 6.04 Å². The number of carbonyl (C=O) groups is 1. The molecule has 3 rings (SSSR count). The van der Waals surface area contributed by atoms with E-state index in [-0.39, 0.29) is 18.1 Å². The number of aromatic nitrogens is 1. The van der Waals surface area contributed by atoms with Crippen molar-refractivity contribution >= 4 is 6.03 Å². The molecule has 120 valence electrons. The van der Waals surface area contributed by atoms with Gasteiger partial charge in [-0.3, -0.25) is 4.98 Å². The first-order valence-corrected chi connectivity index (χ1v) is 8.29. The van der Waals surface area contributed by atoms with Crippen molar-refractivity contribution in [3.8, 4) is 0 Å². The zero-order valence-corrected chi connectivity index (χ0v) is 13.5. The van der Waals surface area contributed by atoms with Crippen molar-refractivity contribution in [2.75, 3.05) is 26.7 Å². The van der Waals surface area contributed by atoms with Gasteiger partial charge in [-0.05, 0) is 43.7 Å². The smallest absolute Gasteiger partial charge is 0.317 e. The van der Waals surface area contributed by atoms with E-state index in [9.17, 15) is 4.79 Å². The van der Waals surface area contributed by atoms with Gasteiger partial charge in [-0.15, -0.1) is 0 Å². The van der Waals surface area contributed by atoms with Crippen LogP contribution < -0.4 is 5.32 Å². The van der Waals surface area contributed by atoms with Gasteiger partial charge >= 0.3 is 6.03 Å². The molecule has 0 spiro atoms. The first kappa shape index (κ1) is 15.3. The summed E-state index contributed by atoms with van der Waals surface area (Å²) in [5.41, 5.74) is 1.06. The molecule has 0 bridgehead atoms. The molecular weight excluding hydrogens is 276 g/mol. The van der Waals surface area contributed by atoms with Crippen LogP contribution in [0.25, 0.3) is 0 Å². The van der Waals surface area contributed by atoms with Crippen LogP contribution in [0.2, 0.25) is 0 Å². The predicted octanol–water partition coefficient (Wildman–Crippen LogP) is 2.27. The van der Waals surface area contributed by atoms with Crippen LogP contribution in [-0.2, 0) is 0 Å². The number of rotatable bonds is 5. The third-order valence-electron chi connectivity index (χ3n) is 4.88. The molecule has 1 aromatic rings. The SMILES string of the molecule is CC(c1cccnc1)N(C)C(=O)NC1CCN(CC2CC2)C1. The number of hydrogen-bond acceptors (Lipinski definition) is 3. The van der Waals surface area contributed by atoms with Gasteiger partial charge in [0.1, 0.15) is 0 Å². The monoisotopic (exact) mass is 302 g/mol. The average molecular weight is 302 g/mol. The normalized spacial score (nSPS) is 23.3. The Morgan fingerprint density at radius 2 is 2.32 bits per heavy atom. The summed E-state index contributed by atoms with van der Waals surface area (Å²) in [5.74, 6) is 0.919. The molecule has 0 radical (unpaired) electrons. The van der Waals surface area contributed by atoms with E-state index in [4.69, 9.17) is 0 Å². The van der Waals surface area contributed by atoms with Crippen LogP contribution in [0.4, 0.5) is 4.79 Å². The summed E-state index contributed by atoms with van der Waals surface area (Å²) in [4.78, 5) is 20.8. The molecule has 5 heteroatoms. The van der Waals surface area contributed by atoms with E-state index < -0.39 is 0 Å². The number of carbonyl (C=O) groups excluding carboxylic acids is 1. The molecule has 1 aliphatic heterocycles. The van der Waals surface area contributed by atoms with Gasteiger partial charge in [-0.25, -0.2) is 4.79 Å². The van der Waals surface area contributed by atoms with E-state index in [1.165, 1.54) is 19.4 Å². The van der Waals surface area contributed by atoms with E-state index >= 15 is 0 Å². The highest BCUT2D eigenvalue weighted by atomic mass is 16.2. The summed E-state index contributed by atoms with van der Waals surface area (Å²) in [6.07, 6.45) is 7.41. The molecule has 2 amide bonds. The molecule has 1 N–H and O–H groups in total. The first-order chi connectivity index (χ1) is 10.6. The minimum absolute atomic E-state index is 0.00891. The Hall–Kier alpha value is -1.62. The Bertz CT molecular complexity index is 503. The number of amides is 2. The number of nitrogens with zero attached hydrogens (tertiary/aromatic N) is 3. The van der Waals surface area contributed by atoms with Crippen LogP contribution in [0, 0.1) is 5.92 Å². The molecule has 1 aliphatic carbocycles. The number of likely N-dealkylation sites (tertiary alicyclic amines) is 1. The molecule has 2 heterocycles. The highest BCUT2D eigenvalue weighted by Crippen LogP contribution is 2.30. The number of urea groups is 1. The molecule has 2 unspecified atom stereocenters. The van der Waals surface area contributed by atoms with E-state index in [0.29, 0.717) is 0 Å². The molecule has 0 aromatic carbocycles. The summed E-state index contributed by atoms with van der Waals surface area (Å²) in [5, 5.41) is 3.18. The Balaban J connectivity index is 1.48. The Morgan fingerprint density at radius 1 is 1.50 bits per heavy atom. The van der Waals surface area contributed by atoms with Gasteiger partial charge in [-0.1, -0.05) is 6.07 Å². The fourth-order valence-electron chi connectivity index (χ4n) is 3.08. The van der Waals surface area contributed by atoms with Crippen LogP contribution in [0.1, 0.15) is 37.8 Å². The van der Waals surface area contributed by atoms with Crippen LogP contribution >= 0.6 is 0 Å². The lowest BCUT2D eigenvalue weighted by Gasteiger charge is -2.27. The molecule has 1 saturated carbocycles. The summed E-state index contributed by atoms with van der Waals surface area (Å²) in [6, 6.07) is 4.24. The molecule has 22 heavy (non-hydrogen) atoms. The van der Waals surface area contributed by atoms with Gasteiger partial charge in [0.25, 0.3) is 0 Å². The molecule has 2 atom stereocenters. The molecule has 1 aromatic heterocycles. The van der Waals surface area contributed by atoms with Crippen molar-refractivity contribution < 1.29 is 4.79 Å². The maximum Gasteiger partial charge on any atom is 0.317 e. The van der Waals surface area contributed by atoms with E-state index in [1.807, 2.05) is 32.3 Å². The van der Waals surface area contributed by atoms with Crippen LogP contribution in [-0.4, -0.2) is 53.5 Å². The molecular formula is C17H26N4O. The molecule has 5 nitrogen and oxygen atoms in total. The van der Waals surface area contributed by atoms with Crippen LogP contribution in [0.15, 0.2) is 24.5 Å². The minimum Gasteiger partial charge on any atom is -0.334 e. The van der Waals surface area contributed by atoms with Crippen molar-refractivity contribution in [2.24, 2.45) is 5.92 Å².